The standard InChI is InChI=1S/C16H21N3O/c1-17-11-13-6-4-7-14(18-13)12-20-16-9-5-8-15(10-16)19(2)3/h4-10,17H,11-12H2,1-3H3. The molecular weight excluding hydrogens is 250 g/mol. The Balaban J connectivity index is 2.01. The van der Waals surface area contributed by atoms with Gasteiger partial charge in [0, 0.05) is 32.4 Å². The minimum absolute atomic E-state index is 0.481. The highest BCUT2D eigenvalue weighted by Crippen LogP contribution is 2.20. The van der Waals surface area contributed by atoms with Crippen LogP contribution >= 0.6 is 0 Å². The quantitative estimate of drug-likeness (QED) is 0.875. The number of ether oxygens (including phenoxy) is 1. The van der Waals surface area contributed by atoms with Crippen LogP contribution in [0.4, 0.5) is 5.69 Å². The fourth-order valence-corrected chi connectivity index (χ4v) is 1.90. The van der Waals surface area contributed by atoms with Crippen molar-refractivity contribution < 1.29 is 4.74 Å². The zero-order valence-corrected chi connectivity index (χ0v) is 12.3. The predicted octanol–water partition coefficient (Wildman–Crippen LogP) is 2.45. The lowest BCUT2D eigenvalue weighted by Crippen LogP contribution is -2.09. The van der Waals surface area contributed by atoms with Gasteiger partial charge in [-0.05, 0) is 31.3 Å². The number of anilines is 1. The molecule has 0 fully saturated rings. The molecule has 0 aliphatic carbocycles. The second-order valence-corrected chi connectivity index (χ2v) is 4.83. The zero-order valence-electron chi connectivity index (χ0n) is 12.3. The summed E-state index contributed by atoms with van der Waals surface area (Å²) < 4.78 is 5.81. The Kier molecular flexibility index (Phi) is 4.96. The molecule has 0 spiro atoms. The van der Waals surface area contributed by atoms with E-state index >= 15 is 0 Å². The molecule has 4 heteroatoms. The van der Waals surface area contributed by atoms with Gasteiger partial charge in [-0.25, -0.2) is 0 Å². The molecule has 1 aromatic carbocycles. The van der Waals surface area contributed by atoms with Crippen LogP contribution in [0.1, 0.15) is 11.4 Å². The third-order valence-corrected chi connectivity index (χ3v) is 2.94. The summed E-state index contributed by atoms with van der Waals surface area (Å²) in [6.07, 6.45) is 0. The minimum Gasteiger partial charge on any atom is -0.487 e. The van der Waals surface area contributed by atoms with E-state index in [-0.39, 0.29) is 0 Å². The number of hydrogen-bond acceptors (Lipinski definition) is 4. The van der Waals surface area contributed by atoms with Crippen molar-refractivity contribution in [3.63, 3.8) is 0 Å². The van der Waals surface area contributed by atoms with Crippen molar-refractivity contribution in [3.8, 4) is 5.75 Å². The van der Waals surface area contributed by atoms with E-state index in [2.05, 4.69) is 21.3 Å². The van der Waals surface area contributed by atoms with Crippen molar-refractivity contribution in [2.24, 2.45) is 0 Å². The number of hydrogen-bond donors (Lipinski definition) is 1. The first-order chi connectivity index (χ1) is 9.69. The second-order valence-electron chi connectivity index (χ2n) is 4.83. The number of rotatable bonds is 6. The number of aromatic nitrogens is 1. The zero-order chi connectivity index (χ0) is 14.4. The van der Waals surface area contributed by atoms with Crippen LogP contribution in [0.15, 0.2) is 42.5 Å². The number of pyridine rings is 1. The van der Waals surface area contributed by atoms with Gasteiger partial charge in [0.15, 0.2) is 0 Å². The highest BCUT2D eigenvalue weighted by atomic mass is 16.5. The van der Waals surface area contributed by atoms with Crippen LogP contribution < -0.4 is 15.0 Å². The Bertz CT molecular complexity index is 555. The first-order valence-corrected chi connectivity index (χ1v) is 6.68. The molecule has 1 heterocycles. The van der Waals surface area contributed by atoms with Crippen molar-refractivity contribution in [3.05, 3.63) is 53.9 Å². The lowest BCUT2D eigenvalue weighted by molar-refractivity contribution is 0.301. The smallest absolute Gasteiger partial charge is 0.130 e. The first-order valence-electron chi connectivity index (χ1n) is 6.68. The molecule has 0 atom stereocenters. The van der Waals surface area contributed by atoms with E-state index in [0.717, 1.165) is 29.4 Å². The van der Waals surface area contributed by atoms with Crippen LogP contribution in [0.3, 0.4) is 0 Å². The molecule has 0 saturated carbocycles. The molecule has 2 aromatic rings. The summed E-state index contributed by atoms with van der Waals surface area (Å²) >= 11 is 0. The summed E-state index contributed by atoms with van der Waals surface area (Å²) in [7, 11) is 5.95. The van der Waals surface area contributed by atoms with Gasteiger partial charge in [-0.2, -0.15) is 0 Å². The van der Waals surface area contributed by atoms with Crippen LogP contribution in [0, 0.1) is 0 Å². The number of nitrogens with zero attached hydrogens (tertiary/aromatic N) is 2. The van der Waals surface area contributed by atoms with Crippen molar-refractivity contribution in [2.75, 3.05) is 26.0 Å². The van der Waals surface area contributed by atoms with Crippen LogP contribution in [-0.2, 0) is 13.2 Å². The fraction of sp³-hybridized carbons (Fsp3) is 0.312. The van der Waals surface area contributed by atoms with E-state index in [0.29, 0.717) is 6.61 Å². The maximum atomic E-state index is 5.81. The fourth-order valence-electron chi connectivity index (χ4n) is 1.90. The van der Waals surface area contributed by atoms with Gasteiger partial charge in [0.1, 0.15) is 12.4 Å². The Morgan fingerprint density at radius 3 is 2.60 bits per heavy atom. The van der Waals surface area contributed by atoms with Gasteiger partial charge in [0.05, 0.1) is 11.4 Å². The third kappa shape index (κ3) is 3.96. The summed E-state index contributed by atoms with van der Waals surface area (Å²) in [5, 5.41) is 3.10. The van der Waals surface area contributed by atoms with E-state index in [1.807, 2.05) is 57.5 Å². The van der Waals surface area contributed by atoms with E-state index in [1.165, 1.54) is 0 Å². The molecule has 0 radical (unpaired) electrons. The van der Waals surface area contributed by atoms with Crippen LogP contribution in [0.5, 0.6) is 5.75 Å². The first kappa shape index (κ1) is 14.3. The summed E-state index contributed by atoms with van der Waals surface area (Å²) in [5.41, 5.74) is 3.09. The third-order valence-electron chi connectivity index (χ3n) is 2.94. The molecule has 20 heavy (non-hydrogen) atoms. The lowest BCUT2D eigenvalue weighted by atomic mass is 10.3. The summed E-state index contributed by atoms with van der Waals surface area (Å²) in [4.78, 5) is 6.59. The van der Waals surface area contributed by atoms with E-state index in [4.69, 9.17) is 4.74 Å². The highest BCUT2D eigenvalue weighted by molar-refractivity contribution is 5.49. The Morgan fingerprint density at radius 1 is 1.10 bits per heavy atom. The molecule has 4 nitrogen and oxygen atoms in total. The molecule has 1 N–H and O–H groups in total. The molecule has 0 aliphatic rings. The van der Waals surface area contributed by atoms with Crippen molar-refractivity contribution >= 4 is 5.69 Å². The largest absolute Gasteiger partial charge is 0.487 e. The second kappa shape index (κ2) is 6.91. The summed E-state index contributed by atoms with van der Waals surface area (Å²) in [6, 6.07) is 14.0. The SMILES string of the molecule is CNCc1cccc(COc2cccc(N(C)C)c2)n1. The monoisotopic (exact) mass is 271 g/mol. The van der Waals surface area contributed by atoms with Crippen molar-refractivity contribution in [1.29, 1.82) is 0 Å². The molecule has 0 bridgehead atoms. The predicted molar refractivity (Wildman–Crippen MR) is 82.1 cm³/mol. The maximum Gasteiger partial charge on any atom is 0.130 e. The van der Waals surface area contributed by atoms with E-state index in [9.17, 15) is 0 Å². The maximum absolute atomic E-state index is 5.81. The van der Waals surface area contributed by atoms with Gasteiger partial charge in [-0.15, -0.1) is 0 Å². The van der Waals surface area contributed by atoms with E-state index < -0.39 is 0 Å². The molecule has 0 amide bonds. The van der Waals surface area contributed by atoms with Crippen molar-refractivity contribution in [1.82, 2.24) is 10.3 Å². The normalized spacial score (nSPS) is 10.3. The summed E-state index contributed by atoms with van der Waals surface area (Å²) in [5.74, 6) is 0.858. The minimum atomic E-state index is 0.481. The molecule has 0 unspecified atom stereocenters. The molecule has 106 valence electrons. The number of benzene rings is 1. The molecule has 0 saturated heterocycles. The number of nitrogens with one attached hydrogen (secondary N) is 1. The highest BCUT2D eigenvalue weighted by Gasteiger charge is 2.01. The van der Waals surface area contributed by atoms with Gasteiger partial charge < -0.3 is 15.0 Å². The average Bonchev–Trinajstić information content (AvgIpc) is 2.46. The van der Waals surface area contributed by atoms with Gasteiger partial charge >= 0.3 is 0 Å². The van der Waals surface area contributed by atoms with Gasteiger partial charge in [0.25, 0.3) is 0 Å². The molecule has 0 aliphatic heterocycles. The molecule has 2 rings (SSSR count). The van der Waals surface area contributed by atoms with Gasteiger partial charge in [-0.3, -0.25) is 4.98 Å². The van der Waals surface area contributed by atoms with Crippen LogP contribution in [0.2, 0.25) is 0 Å². The Hall–Kier alpha value is -2.07. The van der Waals surface area contributed by atoms with Gasteiger partial charge in [-0.1, -0.05) is 12.1 Å². The Labute approximate surface area is 120 Å². The van der Waals surface area contributed by atoms with Crippen molar-refractivity contribution in [2.45, 2.75) is 13.2 Å². The van der Waals surface area contributed by atoms with E-state index in [1.54, 1.807) is 0 Å². The molecule has 1 aromatic heterocycles. The Morgan fingerprint density at radius 2 is 1.85 bits per heavy atom. The van der Waals surface area contributed by atoms with Gasteiger partial charge in [0.2, 0.25) is 0 Å². The topological polar surface area (TPSA) is 37.4 Å². The molecular formula is C16H21N3O. The lowest BCUT2D eigenvalue weighted by Gasteiger charge is -2.14. The van der Waals surface area contributed by atoms with Crippen LogP contribution in [-0.4, -0.2) is 26.1 Å². The summed E-state index contributed by atoms with van der Waals surface area (Å²) in [6.45, 7) is 1.25. The average molecular weight is 271 g/mol. The van der Waals surface area contributed by atoms with Crippen LogP contribution in [0.25, 0.3) is 0 Å².